The highest BCUT2D eigenvalue weighted by atomic mass is 16.7. The number of rotatable bonds is 5. The molecule has 1 saturated heterocycles. The predicted molar refractivity (Wildman–Crippen MR) is 89.4 cm³/mol. The van der Waals surface area contributed by atoms with Crippen LogP contribution in [0, 0.1) is 6.92 Å². The van der Waals surface area contributed by atoms with Crippen LogP contribution in [0.3, 0.4) is 0 Å². The lowest BCUT2D eigenvalue weighted by atomic mass is 9.98. The first kappa shape index (κ1) is 15.9. The van der Waals surface area contributed by atoms with Gasteiger partial charge < -0.3 is 9.47 Å². The summed E-state index contributed by atoms with van der Waals surface area (Å²) in [4.78, 5) is 12.7. The highest BCUT2D eigenvalue weighted by Gasteiger charge is 2.17. The molecular formula is C20H22O3. The summed E-state index contributed by atoms with van der Waals surface area (Å²) < 4.78 is 11.4. The van der Waals surface area contributed by atoms with Gasteiger partial charge in [0.15, 0.2) is 12.1 Å². The standard InChI is InChI=1S/C20H22O3/c1-15-9-11-16(12-10-15)20(21)18-7-3-2-6-17(18)14-23-19-8-4-5-13-22-19/h2-3,6-7,9-12,19H,4-5,8,13-14H2,1H3. The van der Waals surface area contributed by atoms with E-state index in [0.29, 0.717) is 17.7 Å². The summed E-state index contributed by atoms with van der Waals surface area (Å²) in [6, 6.07) is 15.3. The Morgan fingerprint density at radius 1 is 1.13 bits per heavy atom. The van der Waals surface area contributed by atoms with Gasteiger partial charge in [0.2, 0.25) is 0 Å². The number of hydrogen-bond acceptors (Lipinski definition) is 3. The monoisotopic (exact) mass is 310 g/mol. The maximum atomic E-state index is 12.7. The van der Waals surface area contributed by atoms with Gasteiger partial charge in [-0.15, -0.1) is 0 Å². The fraction of sp³-hybridized carbons (Fsp3) is 0.350. The van der Waals surface area contributed by atoms with Crippen LogP contribution >= 0.6 is 0 Å². The molecule has 0 radical (unpaired) electrons. The lowest BCUT2D eigenvalue weighted by Gasteiger charge is -2.23. The molecule has 0 aliphatic carbocycles. The van der Waals surface area contributed by atoms with Gasteiger partial charge in [-0.25, -0.2) is 0 Å². The molecule has 120 valence electrons. The number of benzene rings is 2. The SMILES string of the molecule is Cc1ccc(C(=O)c2ccccc2COC2CCCCO2)cc1. The average Bonchev–Trinajstić information content (AvgIpc) is 2.61. The van der Waals surface area contributed by atoms with Gasteiger partial charge in [-0.3, -0.25) is 4.79 Å². The van der Waals surface area contributed by atoms with Gasteiger partial charge in [0.05, 0.1) is 6.61 Å². The van der Waals surface area contributed by atoms with Crippen molar-refractivity contribution in [3.63, 3.8) is 0 Å². The van der Waals surface area contributed by atoms with Crippen LogP contribution < -0.4 is 0 Å². The van der Waals surface area contributed by atoms with Gasteiger partial charge in [-0.2, -0.15) is 0 Å². The molecule has 3 nitrogen and oxygen atoms in total. The summed E-state index contributed by atoms with van der Waals surface area (Å²) >= 11 is 0. The van der Waals surface area contributed by atoms with E-state index in [4.69, 9.17) is 9.47 Å². The van der Waals surface area contributed by atoms with Crippen molar-refractivity contribution in [2.45, 2.75) is 39.1 Å². The minimum Gasteiger partial charge on any atom is -0.353 e. The molecule has 23 heavy (non-hydrogen) atoms. The molecule has 2 aromatic carbocycles. The van der Waals surface area contributed by atoms with E-state index in [1.54, 1.807) is 0 Å². The first-order valence-corrected chi connectivity index (χ1v) is 8.16. The molecule has 1 aliphatic rings. The van der Waals surface area contributed by atoms with E-state index in [1.165, 1.54) is 0 Å². The zero-order valence-corrected chi connectivity index (χ0v) is 13.5. The molecule has 1 fully saturated rings. The molecule has 3 rings (SSSR count). The second kappa shape index (κ2) is 7.53. The van der Waals surface area contributed by atoms with Crippen LogP contribution in [0.2, 0.25) is 0 Å². The van der Waals surface area contributed by atoms with Crippen LogP contribution in [0.1, 0.15) is 46.3 Å². The average molecular weight is 310 g/mol. The fourth-order valence-electron chi connectivity index (χ4n) is 2.75. The van der Waals surface area contributed by atoms with Crippen LogP contribution in [-0.4, -0.2) is 18.7 Å². The van der Waals surface area contributed by atoms with Gasteiger partial charge in [0.25, 0.3) is 0 Å². The number of ketones is 1. The Balaban J connectivity index is 1.74. The number of aryl methyl sites for hydroxylation is 1. The van der Waals surface area contributed by atoms with E-state index < -0.39 is 0 Å². The van der Waals surface area contributed by atoms with Crippen LogP contribution in [0.15, 0.2) is 48.5 Å². The predicted octanol–water partition coefficient (Wildman–Crippen LogP) is 4.27. The summed E-state index contributed by atoms with van der Waals surface area (Å²) in [6.45, 7) is 3.17. The maximum absolute atomic E-state index is 12.7. The zero-order chi connectivity index (χ0) is 16.1. The van der Waals surface area contributed by atoms with E-state index >= 15 is 0 Å². The molecule has 3 heteroatoms. The molecular weight excluding hydrogens is 288 g/mol. The third-order valence-electron chi connectivity index (χ3n) is 4.14. The van der Waals surface area contributed by atoms with Crippen molar-refractivity contribution in [2.75, 3.05) is 6.61 Å². The lowest BCUT2D eigenvalue weighted by Crippen LogP contribution is -2.22. The Morgan fingerprint density at radius 2 is 1.91 bits per heavy atom. The van der Waals surface area contributed by atoms with Gasteiger partial charge in [-0.05, 0) is 31.7 Å². The number of hydrogen-bond donors (Lipinski definition) is 0. The van der Waals surface area contributed by atoms with E-state index in [-0.39, 0.29) is 12.1 Å². The third kappa shape index (κ3) is 4.06. The van der Waals surface area contributed by atoms with Gasteiger partial charge in [0.1, 0.15) is 0 Å². The lowest BCUT2D eigenvalue weighted by molar-refractivity contribution is -0.168. The highest BCUT2D eigenvalue weighted by Crippen LogP contribution is 2.19. The Morgan fingerprint density at radius 3 is 2.65 bits per heavy atom. The summed E-state index contributed by atoms with van der Waals surface area (Å²) in [5.41, 5.74) is 3.46. The molecule has 0 aromatic heterocycles. The Labute approximate surface area is 137 Å². The summed E-state index contributed by atoms with van der Waals surface area (Å²) in [6.07, 6.45) is 3.01. The minimum absolute atomic E-state index is 0.0359. The first-order valence-electron chi connectivity index (χ1n) is 8.16. The Kier molecular flexibility index (Phi) is 5.21. The van der Waals surface area contributed by atoms with Crippen LogP contribution in [0.4, 0.5) is 0 Å². The van der Waals surface area contributed by atoms with Crippen molar-refractivity contribution in [3.05, 3.63) is 70.8 Å². The summed E-state index contributed by atoms with van der Waals surface area (Å²) in [7, 11) is 0. The molecule has 0 bridgehead atoms. The smallest absolute Gasteiger partial charge is 0.193 e. The summed E-state index contributed by atoms with van der Waals surface area (Å²) in [5, 5.41) is 0. The van der Waals surface area contributed by atoms with Gasteiger partial charge in [-0.1, -0.05) is 54.1 Å². The van der Waals surface area contributed by atoms with E-state index in [9.17, 15) is 4.79 Å². The van der Waals surface area contributed by atoms with Crippen LogP contribution in [-0.2, 0) is 16.1 Å². The first-order chi connectivity index (χ1) is 11.2. The van der Waals surface area contributed by atoms with E-state index in [1.807, 2.05) is 55.5 Å². The van der Waals surface area contributed by atoms with Crippen molar-refractivity contribution < 1.29 is 14.3 Å². The van der Waals surface area contributed by atoms with Crippen molar-refractivity contribution in [3.8, 4) is 0 Å². The molecule has 1 aliphatic heterocycles. The van der Waals surface area contributed by atoms with Gasteiger partial charge in [0, 0.05) is 17.7 Å². The molecule has 1 atom stereocenters. The Bertz CT molecular complexity index is 655. The van der Waals surface area contributed by atoms with Crippen molar-refractivity contribution in [1.29, 1.82) is 0 Å². The molecule has 2 aromatic rings. The summed E-state index contributed by atoms with van der Waals surface area (Å²) in [5.74, 6) is 0.0359. The van der Waals surface area contributed by atoms with Gasteiger partial charge >= 0.3 is 0 Å². The Hall–Kier alpha value is -1.97. The molecule has 1 heterocycles. The number of carbonyl (C=O) groups excluding carboxylic acids is 1. The fourth-order valence-corrected chi connectivity index (χ4v) is 2.75. The molecule has 0 spiro atoms. The molecule has 0 amide bonds. The van der Waals surface area contributed by atoms with E-state index in [2.05, 4.69) is 0 Å². The van der Waals surface area contributed by atoms with Crippen LogP contribution in [0.25, 0.3) is 0 Å². The van der Waals surface area contributed by atoms with E-state index in [0.717, 1.165) is 37.0 Å². The maximum Gasteiger partial charge on any atom is 0.193 e. The van der Waals surface area contributed by atoms with Crippen molar-refractivity contribution in [1.82, 2.24) is 0 Å². The molecule has 0 saturated carbocycles. The zero-order valence-electron chi connectivity index (χ0n) is 13.5. The molecule has 1 unspecified atom stereocenters. The second-order valence-electron chi connectivity index (χ2n) is 5.96. The third-order valence-corrected chi connectivity index (χ3v) is 4.14. The minimum atomic E-state index is -0.147. The number of carbonyl (C=O) groups is 1. The van der Waals surface area contributed by atoms with Crippen molar-refractivity contribution >= 4 is 5.78 Å². The van der Waals surface area contributed by atoms with Crippen LogP contribution in [0.5, 0.6) is 0 Å². The van der Waals surface area contributed by atoms with Crippen molar-refractivity contribution in [2.24, 2.45) is 0 Å². The topological polar surface area (TPSA) is 35.5 Å². The highest BCUT2D eigenvalue weighted by molar-refractivity contribution is 6.09. The quantitative estimate of drug-likeness (QED) is 0.774. The second-order valence-corrected chi connectivity index (χ2v) is 5.96. The normalized spacial score (nSPS) is 17.9. The molecule has 0 N–H and O–H groups in total. The number of ether oxygens (including phenoxy) is 2. The largest absolute Gasteiger partial charge is 0.353 e.